The van der Waals surface area contributed by atoms with E-state index < -0.39 is 16.8 Å². The summed E-state index contributed by atoms with van der Waals surface area (Å²) in [6, 6.07) is 11.6. The van der Waals surface area contributed by atoms with Gasteiger partial charge in [0.25, 0.3) is 0 Å². The molecule has 1 aliphatic rings. The minimum absolute atomic E-state index is 0.0334. The maximum Gasteiger partial charge on any atom is 0.224 e. The summed E-state index contributed by atoms with van der Waals surface area (Å²) in [5, 5.41) is 31.2. The Morgan fingerprint density at radius 1 is 1.15 bits per heavy atom. The van der Waals surface area contributed by atoms with E-state index in [0.717, 1.165) is 16.9 Å². The van der Waals surface area contributed by atoms with E-state index in [0.29, 0.717) is 30.6 Å². The Bertz CT molecular complexity index is 878. The van der Waals surface area contributed by atoms with Crippen LogP contribution in [0.4, 0.5) is 0 Å². The van der Waals surface area contributed by atoms with Crippen LogP contribution in [0.5, 0.6) is 11.5 Å². The van der Waals surface area contributed by atoms with Crippen molar-refractivity contribution < 1.29 is 15.3 Å². The number of aliphatic hydroxyl groups is 1. The predicted molar refractivity (Wildman–Crippen MR) is 110 cm³/mol. The first-order chi connectivity index (χ1) is 12.8. The fourth-order valence-corrected chi connectivity index (χ4v) is 4.99. The van der Waals surface area contributed by atoms with Gasteiger partial charge in [0.05, 0.1) is 5.60 Å². The van der Waals surface area contributed by atoms with E-state index in [9.17, 15) is 20.1 Å². The molecule has 0 saturated carbocycles. The van der Waals surface area contributed by atoms with Gasteiger partial charge in [0.15, 0.2) is 5.75 Å². The third-order valence-electron chi connectivity index (χ3n) is 5.51. The van der Waals surface area contributed by atoms with Crippen LogP contribution >= 0.6 is 11.8 Å². The zero-order chi connectivity index (χ0) is 19.6. The Kier molecular flexibility index (Phi) is 5.82. The number of fused-ring (bicyclic) bond motifs is 1. The van der Waals surface area contributed by atoms with E-state index in [1.165, 1.54) is 11.6 Å². The van der Waals surface area contributed by atoms with Crippen LogP contribution in [0.1, 0.15) is 35.6 Å². The lowest BCUT2D eigenvalue weighted by molar-refractivity contribution is 0.0155. The SMILES string of the molecule is Cc1cc(=O)c(O)c(O)c2c1C[C@H]([C@](C)(O)CSCc1ccccc1)CC2. The molecule has 0 aliphatic heterocycles. The minimum Gasteiger partial charge on any atom is -0.504 e. The van der Waals surface area contributed by atoms with E-state index in [1.807, 2.05) is 32.0 Å². The molecule has 2 aromatic carbocycles. The summed E-state index contributed by atoms with van der Waals surface area (Å²) < 4.78 is 0. The second kappa shape index (κ2) is 7.95. The molecule has 0 fully saturated rings. The molecule has 0 unspecified atom stereocenters. The number of rotatable bonds is 5. The summed E-state index contributed by atoms with van der Waals surface area (Å²) in [6.07, 6.45) is 1.82. The second-order valence-corrected chi connectivity index (χ2v) is 8.61. The Morgan fingerprint density at radius 2 is 1.85 bits per heavy atom. The molecule has 1 aliphatic carbocycles. The standard InChI is InChI=1S/C22H26O4S/c1-14-10-19(23)21(25)20(24)17-9-8-16(11-18(14)17)22(2,26)13-27-12-15-6-4-3-5-7-15/h3-7,10,16,26H,8-9,11-13H2,1-2H3,(H2,23,24,25)/t16-,22-/m1/s1. The van der Waals surface area contributed by atoms with Gasteiger partial charge in [-0.05, 0) is 61.8 Å². The molecule has 3 N–H and O–H groups in total. The molecule has 0 spiro atoms. The van der Waals surface area contributed by atoms with Gasteiger partial charge in [-0.1, -0.05) is 30.3 Å². The van der Waals surface area contributed by atoms with Gasteiger partial charge in [-0.15, -0.1) is 0 Å². The molecule has 2 aromatic rings. The van der Waals surface area contributed by atoms with Crippen LogP contribution in [-0.2, 0) is 18.6 Å². The zero-order valence-corrected chi connectivity index (χ0v) is 16.6. The fourth-order valence-electron chi connectivity index (χ4n) is 3.81. The molecule has 0 amide bonds. The first-order valence-electron chi connectivity index (χ1n) is 9.21. The number of benzene rings is 1. The molecule has 144 valence electrons. The number of aryl methyl sites for hydroxylation is 1. The predicted octanol–water partition coefficient (Wildman–Crippen LogP) is 3.56. The van der Waals surface area contributed by atoms with Crippen molar-refractivity contribution in [1.29, 1.82) is 0 Å². The van der Waals surface area contributed by atoms with E-state index in [2.05, 4.69) is 12.1 Å². The van der Waals surface area contributed by atoms with Crippen LogP contribution < -0.4 is 5.43 Å². The number of aromatic hydroxyl groups is 2. The first-order valence-corrected chi connectivity index (χ1v) is 10.4. The minimum atomic E-state index is -0.851. The monoisotopic (exact) mass is 386 g/mol. The second-order valence-electron chi connectivity index (χ2n) is 7.62. The first kappa shape index (κ1) is 19.8. The molecular formula is C22H26O4S. The van der Waals surface area contributed by atoms with Gasteiger partial charge in [0.2, 0.25) is 11.2 Å². The number of hydrogen-bond donors (Lipinski definition) is 3. The van der Waals surface area contributed by atoms with Crippen molar-refractivity contribution in [1.82, 2.24) is 0 Å². The van der Waals surface area contributed by atoms with Gasteiger partial charge < -0.3 is 15.3 Å². The lowest BCUT2D eigenvalue weighted by atomic mass is 9.75. The summed E-state index contributed by atoms with van der Waals surface area (Å²) in [7, 11) is 0. The highest BCUT2D eigenvalue weighted by Crippen LogP contribution is 2.40. The molecule has 0 bridgehead atoms. The summed E-state index contributed by atoms with van der Waals surface area (Å²) >= 11 is 1.71. The fraction of sp³-hybridized carbons (Fsp3) is 0.409. The highest BCUT2D eigenvalue weighted by atomic mass is 32.2. The van der Waals surface area contributed by atoms with Crippen molar-refractivity contribution in [2.75, 3.05) is 5.75 Å². The van der Waals surface area contributed by atoms with Crippen LogP contribution in [0.25, 0.3) is 0 Å². The molecule has 5 heteroatoms. The van der Waals surface area contributed by atoms with E-state index >= 15 is 0 Å². The van der Waals surface area contributed by atoms with Crippen LogP contribution in [0, 0.1) is 12.8 Å². The number of hydrogen-bond acceptors (Lipinski definition) is 5. The average Bonchev–Trinajstić information content (AvgIpc) is 2.73. The third kappa shape index (κ3) is 4.30. The highest BCUT2D eigenvalue weighted by Gasteiger charge is 2.36. The maximum absolute atomic E-state index is 11.9. The van der Waals surface area contributed by atoms with Gasteiger partial charge >= 0.3 is 0 Å². The molecule has 0 aromatic heterocycles. The van der Waals surface area contributed by atoms with Gasteiger partial charge in [0, 0.05) is 17.1 Å². The third-order valence-corrected chi connectivity index (χ3v) is 6.84. The lowest BCUT2D eigenvalue weighted by Gasteiger charge is -2.36. The largest absolute Gasteiger partial charge is 0.504 e. The Balaban J connectivity index is 1.75. The van der Waals surface area contributed by atoms with Gasteiger partial charge in [-0.2, -0.15) is 11.8 Å². The van der Waals surface area contributed by atoms with Crippen molar-refractivity contribution in [3.8, 4) is 11.5 Å². The molecule has 27 heavy (non-hydrogen) atoms. The van der Waals surface area contributed by atoms with Crippen LogP contribution in [0.2, 0.25) is 0 Å². The molecule has 4 nitrogen and oxygen atoms in total. The van der Waals surface area contributed by atoms with Crippen molar-refractivity contribution in [3.05, 3.63) is 68.9 Å². The summed E-state index contributed by atoms with van der Waals surface area (Å²) in [5.41, 5.74) is 2.07. The van der Waals surface area contributed by atoms with E-state index in [4.69, 9.17) is 0 Å². The highest BCUT2D eigenvalue weighted by molar-refractivity contribution is 7.98. The Morgan fingerprint density at radius 3 is 2.56 bits per heavy atom. The topological polar surface area (TPSA) is 77.8 Å². The van der Waals surface area contributed by atoms with Gasteiger partial charge in [-0.3, -0.25) is 4.79 Å². The molecule has 2 atom stereocenters. The van der Waals surface area contributed by atoms with Crippen molar-refractivity contribution in [3.63, 3.8) is 0 Å². The summed E-state index contributed by atoms with van der Waals surface area (Å²) in [6.45, 7) is 3.69. The zero-order valence-electron chi connectivity index (χ0n) is 15.7. The smallest absolute Gasteiger partial charge is 0.224 e. The van der Waals surface area contributed by atoms with Crippen LogP contribution in [0.15, 0.2) is 41.2 Å². The number of thioether (sulfide) groups is 1. The van der Waals surface area contributed by atoms with E-state index in [1.54, 1.807) is 11.8 Å². The molecule has 0 saturated heterocycles. The quantitative estimate of drug-likeness (QED) is 0.732. The summed E-state index contributed by atoms with van der Waals surface area (Å²) in [5.74, 6) is 0.612. The van der Waals surface area contributed by atoms with Crippen molar-refractivity contribution in [2.24, 2.45) is 5.92 Å². The Labute approximate surface area is 163 Å². The van der Waals surface area contributed by atoms with Crippen LogP contribution in [-0.4, -0.2) is 26.7 Å². The molecule has 3 rings (SSSR count). The van der Waals surface area contributed by atoms with Crippen molar-refractivity contribution >= 4 is 11.8 Å². The average molecular weight is 387 g/mol. The molecule has 0 heterocycles. The lowest BCUT2D eigenvalue weighted by Crippen LogP contribution is -2.40. The van der Waals surface area contributed by atoms with Gasteiger partial charge in [-0.25, -0.2) is 0 Å². The van der Waals surface area contributed by atoms with Crippen molar-refractivity contribution in [2.45, 2.75) is 44.5 Å². The van der Waals surface area contributed by atoms with Gasteiger partial charge in [0.1, 0.15) is 0 Å². The summed E-state index contributed by atoms with van der Waals surface area (Å²) in [4.78, 5) is 11.9. The normalized spacial score (nSPS) is 18.6. The molecule has 0 radical (unpaired) electrons. The maximum atomic E-state index is 11.9. The Hall–Kier alpha value is -1.98. The van der Waals surface area contributed by atoms with Crippen LogP contribution in [0.3, 0.4) is 0 Å². The molecular weight excluding hydrogens is 360 g/mol. The van der Waals surface area contributed by atoms with E-state index in [-0.39, 0.29) is 11.7 Å².